The second kappa shape index (κ2) is 9.64. The number of nitriles is 1. The Morgan fingerprint density at radius 1 is 1.17 bits per heavy atom. The molecule has 0 bridgehead atoms. The van der Waals surface area contributed by atoms with Gasteiger partial charge < -0.3 is 15.0 Å². The summed E-state index contributed by atoms with van der Waals surface area (Å²) in [5.74, 6) is 0.196. The highest BCUT2D eigenvalue weighted by atomic mass is 35.5. The second-order valence-corrected chi connectivity index (χ2v) is 7.91. The van der Waals surface area contributed by atoms with Gasteiger partial charge in [0.15, 0.2) is 6.61 Å². The van der Waals surface area contributed by atoms with Crippen LogP contribution < -0.4 is 10.1 Å². The third-order valence-electron chi connectivity index (χ3n) is 5.31. The van der Waals surface area contributed by atoms with E-state index in [1.54, 1.807) is 36.4 Å². The number of hydrogen-bond donors (Lipinski definition) is 1. The SMILES string of the molecule is CC1CCCC(C)N1C(=O)COc1ccc(C(=O)Nc2ccc(C#N)c(Cl)c2)cc1. The van der Waals surface area contributed by atoms with Gasteiger partial charge in [-0.15, -0.1) is 0 Å². The number of hydrogen-bond acceptors (Lipinski definition) is 4. The van der Waals surface area contributed by atoms with Crippen molar-refractivity contribution >= 4 is 29.1 Å². The normalized spacial score (nSPS) is 18.4. The van der Waals surface area contributed by atoms with E-state index in [9.17, 15) is 9.59 Å². The van der Waals surface area contributed by atoms with Crippen LogP contribution in [0.4, 0.5) is 5.69 Å². The summed E-state index contributed by atoms with van der Waals surface area (Å²) in [6.07, 6.45) is 3.18. The molecule has 6 nitrogen and oxygen atoms in total. The first-order valence-corrected chi connectivity index (χ1v) is 10.3. The maximum atomic E-state index is 12.5. The summed E-state index contributed by atoms with van der Waals surface area (Å²) in [5.41, 5.74) is 1.28. The minimum Gasteiger partial charge on any atom is -0.484 e. The first-order chi connectivity index (χ1) is 14.4. The van der Waals surface area contributed by atoms with Crippen LogP contribution in [0.1, 0.15) is 49.0 Å². The van der Waals surface area contributed by atoms with Crippen molar-refractivity contribution in [1.29, 1.82) is 5.26 Å². The maximum Gasteiger partial charge on any atom is 0.260 e. The van der Waals surface area contributed by atoms with Gasteiger partial charge in [-0.3, -0.25) is 9.59 Å². The third kappa shape index (κ3) is 5.11. The van der Waals surface area contributed by atoms with E-state index in [1.807, 2.05) is 11.0 Å². The molecule has 7 heteroatoms. The van der Waals surface area contributed by atoms with Crippen molar-refractivity contribution in [2.75, 3.05) is 11.9 Å². The van der Waals surface area contributed by atoms with Crippen molar-refractivity contribution in [1.82, 2.24) is 4.90 Å². The molecule has 1 heterocycles. The van der Waals surface area contributed by atoms with Crippen LogP contribution in [-0.4, -0.2) is 35.4 Å². The summed E-state index contributed by atoms with van der Waals surface area (Å²) >= 11 is 5.99. The molecule has 0 aliphatic carbocycles. The molecule has 1 saturated heterocycles. The zero-order valence-electron chi connectivity index (χ0n) is 17.0. The zero-order chi connectivity index (χ0) is 21.7. The van der Waals surface area contributed by atoms with Gasteiger partial charge in [-0.1, -0.05) is 11.6 Å². The summed E-state index contributed by atoms with van der Waals surface area (Å²) in [7, 11) is 0. The molecule has 1 aliphatic heterocycles. The van der Waals surface area contributed by atoms with Crippen LogP contribution >= 0.6 is 11.6 Å². The molecule has 0 aromatic heterocycles. The number of ether oxygens (including phenoxy) is 1. The summed E-state index contributed by atoms with van der Waals surface area (Å²) in [5, 5.41) is 11.9. The Labute approximate surface area is 181 Å². The van der Waals surface area contributed by atoms with Crippen molar-refractivity contribution < 1.29 is 14.3 Å². The molecule has 1 N–H and O–H groups in total. The molecule has 2 amide bonds. The first kappa shape index (κ1) is 21.7. The molecule has 2 aromatic rings. The lowest BCUT2D eigenvalue weighted by atomic mass is 9.97. The number of likely N-dealkylation sites (tertiary alicyclic amines) is 1. The molecule has 1 aliphatic rings. The monoisotopic (exact) mass is 425 g/mol. The Balaban J connectivity index is 1.57. The Hall–Kier alpha value is -3.04. The fourth-order valence-corrected chi connectivity index (χ4v) is 3.94. The average molecular weight is 426 g/mol. The number of nitrogens with one attached hydrogen (secondary N) is 1. The largest absolute Gasteiger partial charge is 0.484 e. The van der Waals surface area contributed by atoms with E-state index < -0.39 is 0 Å². The fraction of sp³-hybridized carbons (Fsp3) is 0.348. The summed E-state index contributed by atoms with van der Waals surface area (Å²) in [6, 6.07) is 13.7. The Kier molecular flexibility index (Phi) is 6.96. The van der Waals surface area contributed by atoms with Crippen molar-refractivity contribution in [3.8, 4) is 11.8 Å². The van der Waals surface area contributed by atoms with Gasteiger partial charge in [0.2, 0.25) is 0 Å². The number of halogens is 1. The van der Waals surface area contributed by atoms with E-state index >= 15 is 0 Å². The third-order valence-corrected chi connectivity index (χ3v) is 5.62. The van der Waals surface area contributed by atoms with E-state index in [1.165, 1.54) is 6.07 Å². The molecule has 1 fully saturated rings. The van der Waals surface area contributed by atoms with Crippen molar-refractivity contribution in [2.24, 2.45) is 0 Å². The van der Waals surface area contributed by atoms with Gasteiger partial charge in [0, 0.05) is 23.3 Å². The number of piperidine rings is 1. The molecule has 0 spiro atoms. The van der Waals surface area contributed by atoms with Crippen LogP contribution in [0, 0.1) is 11.3 Å². The van der Waals surface area contributed by atoms with Gasteiger partial charge in [0.25, 0.3) is 11.8 Å². The lowest BCUT2D eigenvalue weighted by molar-refractivity contribution is -0.139. The molecular formula is C23H24ClN3O3. The topological polar surface area (TPSA) is 82.4 Å². The predicted octanol–water partition coefficient (Wildman–Crippen LogP) is 4.63. The molecule has 3 rings (SSSR count). The van der Waals surface area contributed by atoms with Crippen LogP contribution in [0.2, 0.25) is 5.02 Å². The number of rotatable bonds is 5. The van der Waals surface area contributed by atoms with Crippen molar-refractivity contribution in [3.05, 3.63) is 58.6 Å². The smallest absolute Gasteiger partial charge is 0.260 e. The summed E-state index contributed by atoms with van der Waals surface area (Å²) in [4.78, 5) is 26.9. The Morgan fingerprint density at radius 2 is 1.83 bits per heavy atom. The number of amides is 2. The maximum absolute atomic E-state index is 12.5. The van der Waals surface area contributed by atoms with Crippen LogP contribution in [0.15, 0.2) is 42.5 Å². The molecule has 156 valence electrons. The summed E-state index contributed by atoms with van der Waals surface area (Å²) in [6.45, 7) is 4.12. The highest BCUT2D eigenvalue weighted by molar-refractivity contribution is 6.32. The van der Waals surface area contributed by atoms with Gasteiger partial charge >= 0.3 is 0 Å². The van der Waals surface area contributed by atoms with E-state index in [0.29, 0.717) is 22.6 Å². The van der Waals surface area contributed by atoms with Crippen LogP contribution in [-0.2, 0) is 4.79 Å². The van der Waals surface area contributed by atoms with Gasteiger partial charge in [0.05, 0.1) is 10.6 Å². The number of anilines is 1. The molecule has 2 aromatic carbocycles. The van der Waals surface area contributed by atoms with Gasteiger partial charge in [0.1, 0.15) is 11.8 Å². The number of nitrogens with zero attached hydrogens (tertiary/aromatic N) is 2. The van der Waals surface area contributed by atoms with Crippen molar-refractivity contribution in [2.45, 2.75) is 45.2 Å². The molecule has 0 saturated carbocycles. The number of carbonyl (C=O) groups excluding carboxylic acids is 2. The van der Waals surface area contributed by atoms with Crippen molar-refractivity contribution in [3.63, 3.8) is 0 Å². The Morgan fingerprint density at radius 3 is 2.43 bits per heavy atom. The standard InChI is InChI=1S/C23H24ClN3O3/c1-15-4-3-5-16(2)27(15)22(28)14-30-20-10-7-17(8-11-20)23(29)26-19-9-6-18(13-25)21(24)12-19/h6-12,15-16H,3-5,14H2,1-2H3,(H,26,29). The molecular weight excluding hydrogens is 402 g/mol. The van der Waals surface area contributed by atoms with E-state index in [2.05, 4.69) is 19.2 Å². The highest BCUT2D eigenvalue weighted by Gasteiger charge is 2.28. The van der Waals surface area contributed by atoms with Gasteiger partial charge in [-0.05, 0) is 75.6 Å². The van der Waals surface area contributed by atoms with Crippen LogP contribution in [0.5, 0.6) is 5.75 Å². The minimum absolute atomic E-state index is 0.0192. The lowest BCUT2D eigenvalue weighted by Crippen LogP contribution is -2.49. The minimum atomic E-state index is -0.311. The van der Waals surface area contributed by atoms with Gasteiger partial charge in [-0.2, -0.15) is 5.26 Å². The summed E-state index contributed by atoms with van der Waals surface area (Å²) < 4.78 is 5.64. The first-order valence-electron chi connectivity index (χ1n) is 9.94. The predicted molar refractivity (Wildman–Crippen MR) is 116 cm³/mol. The molecule has 2 unspecified atom stereocenters. The fourth-order valence-electron chi connectivity index (χ4n) is 3.72. The highest BCUT2D eigenvalue weighted by Crippen LogP contribution is 2.23. The quantitative estimate of drug-likeness (QED) is 0.756. The van der Waals surface area contributed by atoms with Crippen LogP contribution in [0.25, 0.3) is 0 Å². The molecule has 2 atom stereocenters. The second-order valence-electron chi connectivity index (χ2n) is 7.50. The van der Waals surface area contributed by atoms with Crippen LogP contribution in [0.3, 0.4) is 0 Å². The molecule has 30 heavy (non-hydrogen) atoms. The van der Waals surface area contributed by atoms with Gasteiger partial charge in [-0.25, -0.2) is 0 Å². The number of carbonyl (C=O) groups is 2. The van der Waals surface area contributed by atoms with E-state index in [-0.39, 0.29) is 35.5 Å². The zero-order valence-corrected chi connectivity index (χ0v) is 17.8. The van der Waals surface area contributed by atoms with E-state index in [0.717, 1.165) is 19.3 Å². The lowest BCUT2D eigenvalue weighted by Gasteiger charge is -2.38. The van der Waals surface area contributed by atoms with E-state index in [4.69, 9.17) is 21.6 Å². The average Bonchev–Trinajstić information content (AvgIpc) is 2.72. The molecule has 0 radical (unpaired) electrons. The Bertz CT molecular complexity index is 959. The number of benzene rings is 2.